The Morgan fingerprint density at radius 1 is 1.04 bits per heavy atom. The molecule has 0 amide bonds. The lowest BCUT2D eigenvalue weighted by Crippen LogP contribution is -2.07. The Morgan fingerprint density at radius 2 is 1.91 bits per heavy atom. The van der Waals surface area contributed by atoms with Crippen molar-refractivity contribution in [2.75, 3.05) is 0 Å². The van der Waals surface area contributed by atoms with Crippen molar-refractivity contribution in [3.8, 4) is 11.1 Å². The van der Waals surface area contributed by atoms with Gasteiger partial charge in [-0.15, -0.1) is 0 Å². The highest BCUT2D eigenvalue weighted by atomic mass is 32.1. The second kappa shape index (κ2) is 5.07. The fourth-order valence-electron chi connectivity index (χ4n) is 2.90. The van der Waals surface area contributed by atoms with Gasteiger partial charge in [-0.25, -0.2) is 4.79 Å². The first kappa shape index (κ1) is 13.7. The number of aromatic amines is 1. The van der Waals surface area contributed by atoms with E-state index in [-0.39, 0.29) is 11.1 Å². The smallest absolute Gasteiger partial charge is 0.336 e. The number of thiophene rings is 1. The van der Waals surface area contributed by atoms with Crippen LogP contribution in [0.2, 0.25) is 0 Å². The van der Waals surface area contributed by atoms with Gasteiger partial charge in [-0.3, -0.25) is 4.79 Å². The molecule has 0 aliphatic heterocycles. The lowest BCUT2D eigenvalue weighted by Gasteiger charge is -2.09. The lowest BCUT2D eigenvalue weighted by molar-refractivity contribution is 0.0699. The summed E-state index contributed by atoms with van der Waals surface area (Å²) < 4.78 is 0. The van der Waals surface area contributed by atoms with Crippen LogP contribution in [0.4, 0.5) is 0 Å². The molecule has 4 aromatic rings. The van der Waals surface area contributed by atoms with E-state index in [4.69, 9.17) is 0 Å². The SMILES string of the molecule is O=C(O)c1cc2cc[nH]c(=O)c2c2cc(-c3ccsc3)ccc12. The minimum Gasteiger partial charge on any atom is -0.478 e. The molecule has 0 radical (unpaired) electrons. The molecule has 0 aliphatic rings. The van der Waals surface area contributed by atoms with Gasteiger partial charge in [0, 0.05) is 6.20 Å². The predicted octanol–water partition coefficient (Wildman–Crippen LogP) is 4.11. The second-order valence-electron chi connectivity index (χ2n) is 5.27. The van der Waals surface area contributed by atoms with Crippen molar-refractivity contribution in [3.05, 3.63) is 69.3 Å². The van der Waals surface area contributed by atoms with Gasteiger partial charge in [-0.05, 0) is 62.3 Å². The molecule has 0 unspecified atom stereocenters. The number of carboxylic acid groups (broad SMARTS) is 1. The minimum absolute atomic E-state index is 0.204. The van der Waals surface area contributed by atoms with Crippen molar-refractivity contribution in [1.29, 1.82) is 0 Å². The molecular formula is C18H11NO3S. The number of hydrogen-bond donors (Lipinski definition) is 2. The fraction of sp³-hybridized carbons (Fsp3) is 0. The maximum Gasteiger partial charge on any atom is 0.336 e. The quantitative estimate of drug-likeness (QED) is 0.546. The molecule has 2 heterocycles. The largest absolute Gasteiger partial charge is 0.478 e. The van der Waals surface area contributed by atoms with Crippen LogP contribution >= 0.6 is 11.3 Å². The van der Waals surface area contributed by atoms with Crippen molar-refractivity contribution < 1.29 is 9.90 Å². The summed E-state index contributed by atoms with van der Waals surface area (Å²) in [5.41, 5.74) is 2.01. The van der Waals surface area contributed by atoms with Crippen LogP contribution in [0.15, 0.2) is 58.1 Å². The van der Waals surface area contributed by atoms with Gasteiger partial charge in [0.25, 0.3) is 5.56 Å². The zero-order valence-corrected chi connectivity index (χ0v) is 12.7. The Kier molecular flexibility index (Phi) is 3.02. The standard InChI is InChI=1S/C18H11NO3S/c20-17-16-11(3-5-19-17)8-15(18(21)22)13-2-1-10(7-14(13)16)12-4-6-23-9-12/h1-9H,(H,19,20)(H,21,22). The van der Waals surface area contributed by atoms with E-state index in [9.17, 15) is 14.7 Å². The lowest BCUT2D eigenvalue weighted by atomic mass is 9.95. The monoisotopic (exact) mass is 321 g/mol. The summed E-state index contributed by atoms with van der Waals surface area (Å²) >= 11 is 1.59. The first-order valence-electron chi connectivity index (χ1n) is 6.99. The first-order valence-corrected chi connectivity index (χ1v) is 7.93. The number of rotatable bonds is 2. The van der Waals surface area contributed by atoms with Crippen molar-refractivity contribution in [3.63, 3.8) is 0 Å². The third kappa shape index (κ3) is 2.13. The zero-order chi connectivity index (χ0) is 16.0. The number of pyridine rings is 1. The summed E-state index contributed by atoms with van der Waals surface area (Å²) in [4.78, 5) is 26.5. The highest BCUT2D eigenvalue weighted by Crippen LogP contribution is 2.31. The predicted molar refractivity (Wildman–Crippen MR) is 92.3 cm³/mol. The second-order valence-corrected chi connectivity index (χ2v) is 6.05. The maximum absolute atomic E-state index is 12.3. The molecule has 5 heteroatoms. The van der Waals surface area contributed by atoms with Gasteiger partial charge < -0.3 is 10.1 Å². The summed E-state index contributed by atoms with van der Waals surface area (Å²) in [6.45, 7) is 0. The van der Waals surface area contributed by atoms with E-state index in [0.29, 0.717) is 21.5 Å². The van der Waals surface area contributed by atoms with E-state index >= 15 is 0 Å². The molecule has 4 nitrogen and oxygen atoms in total. The average Bonchev–Trinajstić information content (AvgIpc) is 3.08. The fourth-order valence-corrected chi connectivity index (χ4v) is 3.56. The van der Waals surface area contributed by atoms with Gasteiger partial charge in [0.05, 0.1) is 10.9 Å². The molecule has 0 fully saturated rings. The van der Waals surface area contributed by atoms with Crippen LogP contribution in [0.3, 0.4) is 0 Å². The van der Waals surface area contributed by atoms with Crippen LogP contribution in [0.25, 0.3) is 32.7 Å². The number of carbonyl (C=O) groups is 1. The van der Waals surface area contributed by atoms with E-state index < -0.39 is 5.97 Å². The van der Waals surface area contributed by atoms with Gasteiger partial charge in [-0.1, -0.05) is 12.1 Å². The number of aromatic nitrogens is 1. The van der Waals surface area contributed by atoms with Crippen molar-refractivity contribution in [2.45, 2.75) is 0 Å². The molecule has 112 valence electrons. The molecule has 23 heavy (non-hydrogen) atoms. The minimum atomic E-state index is -1.000. The average molecular weight is 321 g/mol. The maximum atomic E-state index is 12.3. The van der Waals surface area contributed by atoms with Gasteiger partial charge in [0.1, 0.15) is 0 Å². The highest BCUT2D eigenvalue weighted by molar-refractivity contribution is 7.08. The summed E-state index contributed by atoms with van der Waals surface area (Å²) in [7, 11) is 0. The van der Waals surface area contributed by atoms with Crippen molar-refractivity contribution in [2.24, 2.45) is 0 Å². The number of fused-ring (bicyclic) bond motifs is 3. The van der Waals surface area contributed by atoms with E-state index in [2.05, 4.69) is 4.98 Å². The van der Waals surface area contributed by atoms with E-state index in [1.54, 1.807) is 29.5 Å². The highest BCUT2D eigenvalue weighted by Gasteiger charge is 2.14. The molecule has 0 aliphatic carbocycles. The molecule has 2 aromatic carbocycles. The Bertz CT molecular complexity index is 1110. The van der Waals surface area contributed by atoms with Crippen molar-refractivity contribution >= 4 is 38.9 Å². The number of nitrogens with one attached hydrogen (secondary N) is 1. The Labute approximate surface area is 134 Å². The molecule has 0 saturated carbocycles. The van der Waals surface area contributed by atoms with E-state index in [1.807, 2.05) is 29.0 Å². The van der Waals surface area contributed by atoms with Crippen LogP contribution in [0.1, 0.15) is 10.4 Å². The third-order valence-corrected chi connectivity index (χ3v) is 4.64. The summed E-state index contributed by atoms with van der Waals surface area (Å²) in [5.74, 6) is -1.000. The zero-order valence-electron chi connectivity index (χ0n) is 11.9. The number of carboxylic acids is 1. The van der Waals surface area contributed by atoms with Crippen LogP contribution in [-0.2, 0) is 0 Å². The van der Waals surface area contributed by atoms with Crippen LogP contribution in [-0.4, -0.2) is 16.1 Å². The molecule has 0 spiro atoms. The summed E-state index contributed by atoms with van der Waals surface area (Å²) in [6, 6.07) is 10.8. The van der Waals surface area contributed by atoms with Crippen LogP contribution in [0.5, 0.6) is 0 Å². The van der Waals surface area contributed by atoms with Crippen molar-refractivity contribution in [1.82, 2.24) is 4.98 Å². The van der Waals surface area contributed by atoms with Gasteiger partial charge in [0.2, 0.25) is 0 Å². The Hall–Kier alpha value is -2.92. The molecular weight excluding hydrogens is 310 g/mol. The van der Waals surface area contributed by atoms with E-state index in [0.717, 1.165) is 11.1 Å². The normalized spacial score (nSPS) is 11.1. The summed E-state index contributed by atoms with van der Waals surface area (Å²) in [5, 5.41) is 15.9. The molecule has 2 aromatic heterocycles. The molecule has 2 N–H and O–H groups in total. The number of benzene rings is 2. The number of hydrogen-bond acceptors (Lipinski definition) is 3. The molecule has 0 atom stereocenters. The molecule has 0 bridgehead atoms. The van der Waals surface area contributed by atoms with Gasteiger partial charge >= 0.3 is 5.97 Å². The first-order chi connectivity index (χ1) is 11.1. The summed E-state index contributed by atoms with van der Waals surface area (Å²) in [6.07, 6.45) is 1.53. The van der Waals surface area contributed by atoms with Crippen LogP contribution < -0.4 is 5.56 Å². The Balaban J connectivity index is 2.20. The topological polar surface area (TPSA) is 70.2 Å². The third-order valence-electron chi connectivity index (χ3n) is 3.96. The van der Waals surface area contributed by atoms with Gasteiger partial charge in [-0.2, -0.15) is 11.3 Å². The Morgan fingerprint density at radius 3 is 2.65 bits per heavy atom. The van der Waals surface area contributed by atoms with E-state index in [1.165, 1.54) is 6.20 Å². The molecule has 0 saturated heterocycles. The number of H-pyrrole nitrogens is 1. The molecule has 4 rings (SSSR count). The number of aromatic carboxylic acids is 1. The van der Waals surface area contributed by atoms with Crippen LogP contribution in [0, 0.1) is 0 Å². The van der Waals surface area contributed by atoms with Gasteiger partial charge in [0.15, 0.2) is 0 Å².